The topological polar surface area (TPSA) is 125 Å². The number of nitrogen functional groups attached to an aromatic ring is 1. The Bertz CT molecular complexity index is 1460. The third-order valence-corrected chi connectivity index (χ3v) is 7.40. The molecule has 0 bridgehead atoms. The van der Waals surface area contributed by atoms with Crippen LogP contribution in [0.4, 0.5) is 5.82 Å². The van der Waals surface area contributed by atoms with Crippen molar-refractivity contribution >= 4 is 22.8 Å². The van der Waals surface area contributed by atoms with Gasteiger partial charge < -0.3 is 29.6 Å². The highest BCUT2D eigenvalue weighted by Crippen LogP contribution is 2.39. The van der Waals surface area contributed by atoms with Gasteiger partial charge in [0.2, 0.25) is 0 Å². The highest BCUT2D eigenvalue weighted by molar-refractivity contribution is 6.00. The summed E-state index contributed by atoms with van der Waals surface area (Å²) in [6.45, 7) is 1.60. The van der Waals surface area contributed by atoms with Crippen molar-refractivity contribution < 1.29 is 24.1 Å². The van der Waals surface area contributed by atoms with E-state index < -0.39 is 24.7 Å². The maximum absolute atomic E-state index is 12.2. The Morgan fingerprint density at radius 2 is 1.92 bits per heavy atom. The summed E-state index contributed by atoms with van der Waals surface area (Å²) < 4.78 is 19.0. The first-order valence-electron chi connectivity index (χ1n) is 13.0. The number of aliphatic hydroxyl groups excluding tert-OH is 1. The Balaban J connectivity index is 1.31. The number of ether oxygens (including phenoxy) is 3. The molecule has 4 atom stereocenters. The Morgan fingerprint density at radius 3 is 2.69 bits per heavy atom. The van der Waals surface area contributed by atoms with Crippen molar-refractivity contribution in [1.29, 1.82) is 0 Å². The Hall–Kier alpha value is -3.83. The number of esters is 1. The lowest BCUT2D eigenvalue weighted by Crippen LogP contribution is -2.38. The highest BCUT2D eigenvalue weighted by atomic mass is 16.6. The van der Waals surface area contributed by atoms with Crippen molar-refractivity contribution in [2.75, 3.05) is 26.0 Å². The van der Waals surface area contributed by atoms with Gasteiger partial charge in [0.25, 0.3) is 0 Å². The van der Waals surface area contributed by atoms with Gasteiger partial charge in [0.1, 0.15) is 30.1 Å². The van der Waals surface area contributed by atoms with Crippen molar-refractivity contribution in [3.8, 4) is 11.1 Å². The molecule has 2 aliphatic heterocycles. The molecule has 2 aromatic carbocycles. The average molecular weight is 530 g/mol. The van der Waals surface area contributed by atoms with Crippen LogP contribution in [0, 0.1) is 0 Å². The minimum Gasteiger partial charge on any atom is -0.442 e. The number of nitrogens with zero attached hydrogens (tertiary/aromatic N) is 4. The number of aliphatic hydroxyl groups is 1. The molecule has 4 heterocycles. The van der Waals surface area contributed by atoms with E-state index in [1.54, 1.807) is 7.11 Å². The molecule has 0 spiro atoms. The van der Waals surface area contributed by atoms with E-state index >= 15 is 0 Å². The number of benzene rings is 2. The molecule has 1 unspecified atom stereocenters. The number of fused-ring (bicyclic) bond motifs is 1. The van der Waals surface area contributed by atoms with Crippen LogP contribution in [-0.2, 0) is 25.5 Å². The van der Waals surface area contributed by atoms with Crippen LogP contribution in [0.15, 0.2) is 67.1 Å². The largest absolute Gasteiger partial charge is 0.442 e. The lowest BCUT2D eigenvalue weighted by atomic mass is 10.0. The molecule has 39 heavy (non-hydrogen) atoms. The molecule has 0 saturated carbocycles. The van der Waals surface area contributed by atoms with Gasteiger partial charge in [0.15, 0.2) is 6.23 Å². The predicted molar refractivity (Wildman–Crippen MR) is 144 cm³/mol. The lowest BCUT2D eigenvalue weighted by molar-refractivity contribution is -0.171. The Kier molecular flexibility index (Phi) is 7.01. The van der Waals surface area contributed by atoms with Gasteiger partial charge in [-0.05, 0) is 11.1 Å². The number of rotatable bonds is 7. The second kappa shape index (κ2) is 10.7. The second-order valence-corrected chi connectivity index (χ2v) is 9.97. The molecule has 2 saturated heterocycles. The van der Waals surface area contributed by atoms with Crippen molar-refractivity contribution in [1.82, 2.24) is 19.4 Å². The van der Waals surface area contributed by atoms with Crippen LogP contribution >= 0.6 is 0 Å². The van der Waals surface area contributed by atoms with Gasteiger partial charge in [-0.25, -0.2) is 9.97 Å². The summed E-state index contributed by atoms with van der Waals surface area (Å²) in [4.78, 5) is 23.1. The predicted octanol–water partition coefficient (Wildman–Crippen LogP) is 3.42. The van der Waals surface area contributed by atoms with Gasteiger partial charge in [-0.15, -0.1) is 0 Å². The van der Waals surface area contributed by atoms with Crippen molar-refractivity contribution in [2.45, 2.75) is 44.1 Å². The molecule has 202 valence electrons. The van der Waals surface area contributed by atoms with E-state index in [1.165, 1.54) is 6.33 Å². The standard InChI is InChI=1S/C29H31N5O5/c1-37-16-23-22(35)13-24(38-23)34-15-21(26-27(30)31-17-32-28(26)34)19-7-9-20(10-8-19)29-33(12-11-25(36)39-29)14-18-5-3-2-4-6-18/h2-10,15,17,22-24,29,35H,11-14,16H2,1H3,(H2,30,31,32)/t22-,23+,24+,29?/m0/s1. The second-order valence-electron chi connectivity index (χ2n) is 9.97. The number of aromatic nitrogens is 3. The number of carbonyl (C=O) groups is 1. The number of hydrogen-bond donors (Lipinski definition) is 2. The fourth-order valence-corrected chi connectivity index (χ4v) is 5.44. The quantitative estimate of drug-likeness (QED) is 0.347. The van der Waals surface area contributed by atoms with Crippen LogP contribution in [-0.4, -0.2) is 63.0 Å². The normalized spacial score (nSPS) is 23.8. The van der Waals surface area contributed by atoms with Crippen LogP contribution in [0.25, 0.3) is 22.2 Å². The monoisotopic (exact) mass is 529 g/mol. The zero-order valence-electron chi connectivity index (χ0n) is 21.6. The molecule has 0 aliphatic carbocycles. The summed E-state index contributed by atoms with van der Waals surface area (Å²) >= 11 is 0. The van der Waals surface area contributed by atoms with Crippen molar-refractivity contribution in [3.05, 3.63) is 78.2 Å². The van der Waals surface area contributed by atoms with E-state index in [0.717, 1.165) is 22.3 Å². The van der Waals surface area contributed by atoms with E-state index in [-0.39, 0.29) is 5.97 Å². The van der Waals surface area contributed by atoms with Gasteiger partial charge >= 0.3 is 5.97 Å². The molecular weight excluding hydrogens is 498 g/mol. The summed E-state index contributed by atoms with van der Waals surface area (Å²) in [6.07, 6.45) is 2.19. The molecule has 6 rings (SSSR count). The summed E-state index contributed by atoms with van der Waals surface area (Å²) in [5.74, 6) is 0.159. The molecule has 2 fully saturated rings. The van der Waals surface area contributed by atoms with Crippen LogP contribution in [0.1, 0.15) is 36.4 Å². The smallest absolute Gasteiger partial charge is 0.308 e. The number of anilines is 1. The number of nitrogens with two attached hydrogens (primary N) is 1. The minimum absolute atomic E-state index is 0.202. The molecule has 0 amide bonds. The Morgan fingerprint density at radius 1 is 1.13 bits per heavy atom. The first kappa shape index (κ1) is 25.4. The first-order chi connectivity index (χ1) is 19.0. The van der Waals surface area contributed by atoms with Crippen molar-refractivity contribution in [2.24, 2.45) is 0 Å². The van der Waals surface area contributed by atoms with E-state index in [4.69, 9.17) is 19.9 Å². The summed E-state index contributed by atoms with van der Waals surface area (Å²) in [5, 5.41) is 11.2. The van der Waals surface area contributed by atoms with Crippen LogP contribution < -0.4 is 5.73 Å². The van der Waals surface area contributed by atoms with Crippen LogP contribution in [0.2, 0.25) is 0 Å². The van der Waals surface area contributed by atoms with Gasteiger partial charge in [0, 0.05) is 43.9 Å². The maximum Gasteiger partial charge on any atom is 0.308 e. The number of carbonyl (C=O) groups excluding carboxylic acids is 1. The number of methoxy groups -OCH3 is 1. The third-order valence-electron chi connectivity index (χ3n) is 7.40. The summed E-state index contributed by atoms with van der Waals surface area (Å²) in [5.41, 5.74) is 10.8. The van der Waals surface area contributed by atoms with Crippen molar-refractivity contribution in [3.63, 3.8) is 0 Å². The SMILES string of the molecule is COC[C@H]1O[C@@H](n2cc(-c3ccc(C4OC(=O)CCN4Cc4ccccc4)cc3)c3c(N)ncnc32)C[C@@H]1O. The molecule has 10 heteroatoms. The molecular formula is C29H31N5O5. The third kappa shape index (κ3) is 4.99. The number of hydrogen-bond acceptors (Lipinski definition) is 9. The van der Waals surface area contributed by atoms with Crippen LogP contribution in [0.5, 0.6) is 0 Å². The molecule has 10 nitrogen and oxygen atoms in total. The molecule has 4 aromatic rings. The summed E-state index contributed by atoms with van der Waals surface area (Å²) in [6, 6.07) is 18.1. The van der Waals surface area contributed by atoms with Gasteiger partial charge in [-0.1, -0.05) is 54.6 Å². The Labute approximate surface area is 225 Å². The first-order valence-corrected chi connectivity index (χ1v) is 13.0. The molecule has 2 aliphatic rings. The molecule has 0 radical (unpaired) electrons. The van der Waals surface area contributed by atoms with Crippen LogP contribution in [0.3, 0.4) is 0 Å². The summed E-state index contributed by atoms with van der Waals surface area (Å²) in [7, 11) is 1.58. The maximum atomic E-state index is 12.2. The van der Waals surface area contributed by atoms with Gasteiger partial charge in [-0.3, -0.25) is 9.69 Å². The minimum atomic E-state index is -0.647. The number of cyclic esters (lactones) is 1. The van der Waals surface area contributed by atoms with E-state index in [2.05, 4.69) is 27.0 Å². The van der Waals surface area contributed by atoms with Gasteiger partial charge in [0.05, 0.1) is 24.5 Å². The fourth-order valence-electron chi connectivity index (χ4n) is 5.44. The fraction of sp³-hybridized carbons (Fsp3) is 0.345. The highest BCUT2D eigenvalue weighted by Gasteiger charge is 2.36. The zero-order valence-corrected chi connectivity index (χ0v) is 21.6. The van der Waals surface area contributed by atoms with E-state index in [0.29, 0.717) is 49.4 Å². The molecule has 2 aromatic heterocycles. The zero-order chi connectivity index (χ0) is 26.9. The lowest BCUT2D eigenvalue weighted by Gasteiger charge is -2.35. The van der Waals surface area contributed by atoms with E-state index in [1.807, 2.05) is 53.2 Å². The van der Waals surface area contributed by atoms with E-state index in [9.17, 15) is 9.90 Å². The average Bonchev–Trinajstić information content (AvgIpc) is 3.52. The molecule has 3 N–H and O–H groups in total. The van der Waals surface area contributed by atoms with Gasteiger partial charge in [-0.2, -0.15) is 0 Å².